The van der Waals surface area contributed by atoms with Crippen molar-refractivity contribution in [2.45, 2.75) is 123 Å². The van der Waals surface area contributed by atoms with Crippen molar-refractivity contribution >= 4 is 64.2 Å². The molecule has 516 valence electrons. The fourth-order valence-electron chi connectivity index (χ4n) is 14.8. The molecule has 0 bridgehead atoms. The zero-order chi connectivity index (χ0) is 71.6. The number of hydrogen-bond donors (Lipinski definition) is 6. The highest BCUT2D eigenvalue weighted by atomic mass is 79.9. The number of fused-ring (bicyclic) bond motifs is 6. The second kappa shape index (κ2) is 26.6. The quantitative estimate of drug-likeness (QED) is 0.0736. The Kier molecular flexibility index (Phi) is 18.9. The summed E-state index contributed by atoms with van der Waals surface area (Å²) in [5.74, 6) is 7.58. The van der Waals surface area contributed by atoms with Gasteiger partial charge in [-0.3, -0.25) is 0 Å². The average Bonchev–Trinajstić information content (AvgIpc) is 1.58. The van der Waals surface area contributed by atoms with E-state index >= 15 is 0 Å². The Morgan fingerprint density at radius 1 is 0.500 bits per heavy atom. The number of aromatic nitrogens is 6. The molecule has 9 aromatic rings. The first-order chi connectivity index (χ1) is 47.2. The molecule has 3 aromatic heterocycles. The van der Waals surface area contributed by atoms with Crippen LogP contribution in [0.25, 0.3) is 35.3 Å². The molecule has 6 aromatic carbocycles. The van der Waals surface area contributed by atoms with Gasteiger partial charge in [0.25, 0.3) is 0 Å². The number of primary sulfonamides is 3. The molecule has 0 spiro atoms. The number of sulfonamides is 3. The molecule has 3 saturated carbocycles. The topological polar surface area (TPSA) is 295 Å². The Hall–Kier alpha value is -8.83. The highest BCUT2D eigenvalue weighted by Crippen LogP contribution is 2.59. The molecule has 0 saturated heterocycles. The van der Waals surface area contributed by atoms with Crippen LogP contribution in [0.3, 0.4) is 0 Å². The third-order valence-corrected chi connectivity index (χ3v) is 24.7. The fraction of sp³-hybridized carbons (Fsp3) is 0.267. The standard InChI is InChI=1S/C25H26FN3O3S.C25H22FN3O3S.C19H17FN2O.C6H6BrNO2S/c2*1-24-15-18-16-28-29(21-8-6-20(26)7-9-21)22(18)14-19(24)11-13-25(24,30)12-10-17-4-2-3-5-23(17)33(27,31)32;1-3-19(23)9-8-14-10-17-13(11-18(14,19)2)12-21-22(17)16-6-4-15(20)5-7-16;7-5-3-1-2-4-6(5)11(8,9)10/h2-9,14,16,30H,10-13,15H2,1H3,(H2,27,31,32);2-9,14,16,30H,11,13,15H2,1H3,(H2,27,31,32);1,4-7,10,12,23H,8-9,11H2,2H3;1-4H,(H2,8,9,10)/t2*24-,25-;18-,19-;/m000./s1. The van der Waals surface area contributed by atoms with Crippen molar-refractivity contribution in [3.63, 3.8) is 0 Å². The van der Waals surface area contributed by atoms with Gasteiger partial charge in [0.2, 0.25) is 30.1 Å². The van der Waals surface area contributed by atoms with Gasteiger partial charge in [0.05, 0.1) is 73.0 Å². The first kappa shape index (κ1) is 71.0. The molecule has 3 heterocycles. The lowest BCUT2D eigenvalue weighted by molar-refractivity contribution is -0.0462. The van der Waals surface area contributed by atoms with E-state index in [1.165, 1.54) is 54.6 Å². The van der Waals surface area contributed by atoms with E-state index in [2.05, 4.69) is 68.1 Å². The maximum absolute atomic E-state index is 13.4. The molecule has 15 rings (SSSR count). The number of terminal acetylenes is 1. The van der Waals surface area contributed by atoms with Crippen LogP contribution in [0.1, 0.15) is 111 Å². The lowest BCUT2D eigenvalue weighted by Gasteiger charge is -2.42. The zero-order valence-electron chi connectivity index (χ0n) is 54.6. The van der Waals surface area contributed by atoms with Crippen molar-refractivity contribution in [1.29, 1.82) is 0 Å². The Balaban J connectivity index is 0.000000134. The van der Waals surface area contributed by atoms with Gasteiger partial charge in [-0.15, -0.1) is 6.42 Å². The smallest absolute Gasteiger partial charge is 0.239 e. The Bertz CT molecular complexity index is 5300. The molecule has 100 heavy (non-hydrogen) atoms. The monoisotopic (exact) mass is 1470 g/mol. The molecule has 0 unspecified atom stereocenters. The van der Waals surface area contributed by atoms with Gasteiger partial charge >= 0.3 is 0 Å². The van der Waals surface area contributed by atoms with Gasteiger partial charge in [-0.1, -0.05) is 97.7 Å². The SMILES string of the molecule is C#C[C@]1(O)CCC2=Cc3c(cnn3-c3ccc(F)cc3)C[C@@]21C.C[C@]12Cc3cnn(-c4ccc(F)cc4)c3C=C1CC[C@@]2(O)C#Cc1ccccc1S(N)(=O)=O.C[C@]12Cc3cnn(-c4ccc(F)cc4)c3C=C1CC[C@@]2(O)CCc1ccccc1S(N)(=O)=O.NS(=O)(=O)c1ccccc1Br. The van der Waals surface area contributed by atoms with Gasteiger partial charge in [-0.2, -0.15) is 15.3 Å². The molecule has 18 nitrogen and oxygen atoms in total. The molecular formula is C75H71BrF3N9O9S3. The van der Waals surface area contributed by atoms with Gasteiger partial charge in [-0.25, -0.2) is 67.9 Å². The van der Waals surface area contributed by atoms with E-state index in [0.717, 1.165) is 80.4 Å². The summed E-state index contributed by atoms with van der Waals surface area (Å²) < 4.78 is 115. The predicted molar refractivity (Wildman–Crippen MR) is 378 cm³/mol. The van der Waals surface area contributed by atoms with Crippen molar-refractivity contribution in [3.8, 4) is 41.2 Å². The van der Waals surface area contributed by atoms with Gasteiger partial charge in [-0.05, 0) is 230 Å². The van der Waals surface area contributed by atoms with Crippen LogP contribution in [0.2, 0.25) is 0 Å². The number of halogens is 4. The van der Waals surface area contributed by atoms with Gasteiger partial charge < -0.3 is 15.3 Å². The summed E-state index contributed by atoms with van der Waals surface area (Å²) in [6.45, 7) is 6.09. The number of aliphatic hydroxyl groups is 3. The first-order valence-corrected chi connectivity index (χ1v) is 37.4. The first-order valence-electron chi connectivity index (χ1n) is 32.0. The van der Waals surface area contributed by atoms with Crippen LogP contribution in [0.4, 0.5) is 13.2 Å². The highest BCUT2D eigenvalue weighted by molar-refractivity contribution is 9.10. The van der Waals surface area contributed by atoms with Gasteiger partial charge in [0.1, 0.15) is 28.7 Å². The van der Waals surface area contributed by atoms with Crippen molar-refractivity contribution in [2.75, 3.05) is 0 Å². The second-order valence-corrected chi connectivity index (χ2v) is 32.1. The van der Waals surface area contributed by atoms with Crippen molar-refractivity contribution in [3.05, 3.63) is 248 Å². The summed E-state index contributed by atoms with van der Waals surface area (Å²) in [6, 6.07) is 38.0. The summed E-state index contributed by atoms with van der Waals surface area (Å²) in [5.41, 5.74) is 7.48. The molecule has 6 aliphatic rings. The van der Waals surface area contributed by atoms with Crippen LogP contribution in [0, 0.1) is 57.9 Å². The van der Waals surface area contributed by atoms with E-state index in [4.69, 9.17) is 21.8 Å². The minimum atomic E-state index is -3.93. The van der Waals surface area contributed by atoms with E-state index in [1.54, 1.807) is 107 Å². The summed E-state index contributed by atoms with van der Waals surface area (Å²) >= 11 is 3.07. The average molecular weight is 1480 g/mol. The van der Waals surface area contributed by atoms with Crippen molar-refractivity contribution in [1.82, 2.24) is 29.3 Å². The summed E-state index contributed by atoms with van der Waals surface area (Å²) in [5, 5.41) is 63.3. The van der Waals surface area contributed by atoms with E-state index < -0.39 is 63.1 Å². The van der Waals surface area contributed by atoms with Gasteiger partial charge in [0.15, 0.2) is 0 Å². The zero-order valence-corrected chi connectivity index (χ0v) is 58.7. The van der Waals surface area contributed by atoms with Crippen LogP contribution in [0.15, 0.2) is 200 Å². The molecule has 0 aliphatic heterocycles. The normalized spacial score (nSPS) is 23.7. The number of rotatable bonds is 9. The third-order valence-electron chi connectivity index (χ3n) is 20.8. The molecule has 6 atom stereocenters. The Morgan fingerprint density at radius 2 is 0.870 bits per heavy atom. The molecule has 25 heteroatoms. The number of nitrogens with zero attached hydrogens (tertiary/aromatic N) is 6. The second-order valence-electron chi connectivity index (χ2n) is 26.7. The van der Waals surface area contributed by atoms with E-state index in [-0.39, 0.29) is 37.7 Å². The maximum Gasteiger partial charge on any atom is 0.239 e. The van der Waals surface area contributed by atoms with E-state index in [0.29, 0.717) is 67.8 Å². The summed E-state index contributed by atoms with van der Waals surface area (Å²) in [4.78, 5) is 0.158. The van der Waals surface area contributed by atoms with Crippen LogP contribution < -0.4 is 15.4 Å². The molecule has 3 fully saturated rings. The van der Waals surface area contributed by atoms with Crippen LogP contribution in [-0.2, 0) is 55.8 Å². The van der Waals surface area contributed by atoms with Crippen LogP contribution in [-0.4, -0.2) is 86.7 Å². The maximum atomic E-state index is 13.4. The number of hydrogen-bond acceptors (Lipinski definition) is 12. The minimum absolute atomic E-state index is 0.0634. The molecular weight excluding hydrogens is 1400 g/mol. The van der Waals surface area contributed by atoms with E-state index in [1.807, 2.05) is 37.0 Å². The molecule has 6 aliphatic carbocycles. The third kappa shape index (κ3) is 13.3. The molecule has 9 N–H and O–H groups in total. The predicted octanol–water partition coefficient (Wildman–Crippen LogP) is 11.2. The number of aryl methyl sites for hydroxylation is 1. The van der Waals surface area contributed by atoms with Crippen molar-refractivity contribution in [2.24, 2.45) is 31.7 Å². The summed E-state index contributed by atoms with van der Waals surface area (Å²) in [7, 11) is -11.3. The fourth-order valence-corrected chi connectivity index (χ4v) is 17.9. The Labute approximate surface area is 587 Å². The lowest BCUT2D eigenvalue weighted by atomic mass is 9.65. The highest BCUT2D eigenvalue weighted by Gasteiger charge is 2.57. The molecule has 0 radical (unpaired) electrons. The minimum Gasteiger partial charge on any atom is -0.389 e. The van der Waals surface area contributed by atoms with Crippen molar-refractivity contribution < 1.29 is 53.7 Å². The van der Waals surface area contributed by atoms with Gasteiger partial charge in [0, 0.05) is 26.3 Å². The lowest BCUT2D eigenvalue weighted by Crippen LogP contribution is -2.45. The number of benzene rings is 6. The van der Waals surface area contributed by atoms with E-state index in [9.17, 15) is 53.7 Å². The largest absolute Gasteiger partial charge is 0.389 e. The molecule has 0 amide bonds. The van der Waals surface area contributed by atoms with Crippen LogP contribution in [0.5, 0.6) is 0 Å². The summed E-state index contributed by atoms with van der Waals surface area (Å²) in [6.07, 6.45) is 23.7. The van der Waals surface area contributed by atoms with Crippen LogP contribution >= 0.6 is 15.9 Å². The Morgan fingerprint density at radius 3 is 1.30 bits per heavy atom. The number of nitrogens with two attached hydrogens (primary N) is 3.